The van der Waals surface area contributed by atoms with Crippen LogP contribution < -0.4 is 0 Å². The van der Waals surface area contributed by atoms with Gasteiger partial charge in [0.05, 0.1) is 5.38 Å². The molecule has 0 saturated carbocycles. The Bertz CT molecular complexity index is 97.0. The summed E-state index contributed by atoms with van der Waals surface area (Å²) in [6.07, 6.45) is 10.3. The molecular formula is C10H19Cl. The first-order chi connectivity index (χ1) is 5.31. The summed E-state index contributed by atoms with van der Waals surface area (Å²) in [6.45, 7) is 4.37. The van der Waals surface area contributed by atoms with Gasteiger partial charge in [-0.3, -0.25) is 0 Å². The molecular weight excluding hydrogens is 156 g/mol. The van der Waals surface area contributed by atoms with E-state index in [4.69, 9.17) is 11.6 Å². The zero-order chi connectivity index (χ0) is 8.53. The van der Waals surface area contributed by atoms with Crippen molar-refractivity contribution in [3.05, 3.63) is 12.2 Å². The van der Waals surface area contributed by atoms with Gasteiger partial charge in [-0.05, 0) is 12.8 Å². The van der Waals surface area contributed by atoms with Crippen LogP contribution in [0, 0.1) is 0 Å². The predicted molar refractivity (Wildman–Crippen MR) is 53.2 cm³/mol. The lowest BCUT2D eigenvalue weighted by molar-refractivity contribution is 0.732. The third kappa shape index (κ3) is 7.93. The van der Waals surface area contributed by atoms with Gasteiger partial charge in [0.2, 0.25) is 0 Å². The maximum atomic E-state index is 6.01. The molecule has 0 aromatic carbocycles. The van der Waals surface area contributed by atoms with E-state index in [0.717, 1.165) is 12.8 Å². The van der Waals surface area contributed by atoms with Crippen molar-refractivity contribution >= 4 is 11.6 Å². The molecule has 0 saturated heterocycles. The Kier molecular flexibility index (Phi) is 8.15. The SMILES string of the molecule is CCC/C=C/C(Cl)CCCC. The van der Waals surface area contributed by atoms with Crippen molar-refractivity contribution in [3.8, 4) is 0 Å². The molecule has 66 valence electrons. The number of unbranched alkanes of at least 4 members (excludes halogenated alkanes) is 2. The van der Waals surface area contributed by atoms with E-state index in [-0.39, 0.29) is 5.38 Å². The average molecular weight is 175 g/mol. The molecule has 0 bridgehead atoms. The van der Waals surface area contributed by atoms with Crippen molar-refractivity contribution in [2.24, 2.45) is 0 Å². The average Bonchev–Trinajstić information content (AvgIpc) is 2.01. The zero-order valence-corrected chi connectivity index (χ0v) is 8.40. The molecule has 0 heterocycles. The fraction of sp³-hybridized carbons (Fsp3) is 0.800. The molecule has 11 heavy (non-hydrogen) atoms. The van der Waals surface area contributed by atoms with E-state index in [2.05, 4.69) is 26.0 Å². The highest BCUT2D eigenvalue weighted by atomic mass is 35.5. The summed E-state index contributed by atoms with van der Waals surface area (Å²) in [5.74, 6) is 0. The van der Waals surface area contributed by atoms with Crippen LogP contribution in [0.25, 0.3) is 0 Å². The van der Waals surface area contributed by atoms with Gasteiger partial charge >= 0.3 is 0 Å². The minimum absolute atomic E-state index is 0.265. The minimum atomic E-state index is 0.265. The van der Waals surface area contributed by atoms with Gasteiger partial charge in [-0.1, -0.05) is 45.3 Å². The number of rotatable bonds is 6. The molecule has 0 aromatic rings. The molecule has 0 fully saturated rings. The first-order valence-electron chi connectivity index (χ1n) is 4.62. The van der Waals surface area contributed by atoms with Crippen LogP contribution in [0.2, 0.25) is 0 Å². The fourth-order valence-electron chi connectivity index (χ4n) is 0.906. The molecule has 0 aromatic heterocycles. The molecule has 1 unspecified atom stereocenters. The van der Waals surface area contributed by atoms with Gasteiger partial charge in [-0.2, -0.15) is 0 Å². The van der Waals surface area contributed by atoms with E-state index in [0.29, 0.717) is 0 Å². The maximum Gasteiger partial charge on any atom is 0.0516 e. The first-order valence-corrected chi connectivity index (χ1v) is 5.05. The monoisotopic (exact) mass is 174 g/mol. The molecule has 0 aliphatic heterocycles. The van der Waals surface area contributed by atoms with Gasteiger partial charge in [0.15, 0.2) is 0 Å². The van der Waals surface area contributed by atoms with E-state index in [1.165, 1.54) is 19.3 Å². The van der Waals surface area contributed by atoms with Crippen LogP contribution in [0.4, 0.5) is 0 Å². The van der Waals surface area contributed by atoms with E-state index in [1.807, 2.05) is 0 Å². The third-order valence-corrected chi connectivity index (χ3v) is 2.00. The fourth-order valence-corrected chi connectivity index (χ4v) is 1.16. The Morgan fingerprint density at radius 3 is 2.55 bits per heavy atom. The van der Waals surface area contributed by atoms with Crippen LogP contribution in [-0.4, -0.2) is 5.38 Å². The highest BCUT2D eigenvalue weighted by molar-refractivity contribution is 6.21. The van der Waals surface area contributed by atoms with Gasteiger partial charge in [0.1, 0.15) is 0 Å². The van der Waals surface area contributed by atoms with Crippen molar-refractivity contribution in [2.45, 2.75) is 51.3 Å². The van der Waals surface area contributed by atoms with Crippen molar-refractivity contribution < 1.29 is 0 Å². The quantitative estimate of drug-likeness (QED) is 0.420. The molecule has 0 N–H and O–H groups in total. The second-order valence-electron chi connectivity index (χ2n) is 2.88. The Morgan fingerprint density at radius 1 is 1.27 bits per heavy atom. The summed E-state index contributed by atoms with van der Waals surface area (Å²) >= 11 is 6.01. The number of hydrogen-bond donors (Lipinski definition) is 0. The van der Waals surface area contributed by atoms with Crippen LogP contribution in [-0.2, 0) is 0 Å². The summed E-state index contributed by atoms with van der Waals surface area (Å²) in [6, 6.07) is 0. The van der Waals surface area contributed by atoms with Gasteiger partial charge in [0, 0.05) is 0 Å². The normalized spacial score (nSPS) is 14.1. The second-order valence-corrected chi connectivity index (χ2v) is 3.44. The summed E-state index contributed by atoms with van der Waals surface area (Å²) in [4.78, 5) is 0. The smallest absolute Gasteiger partial charge is 0.0516 e. The molecule has 0 nitrogen and oxygen atoms in total. The maximum absolute atomic E-state index is 6.01. The van der Waals surface area contributed by atoms with Crippen LogP contribution >= 0.6 is 11.6 Å². The zero-order valence-electron chi connectivity index (χ0n) is 7.65. The van der Waals surface area contributed by atoms with Gasteiger partial charge in [-0.15, -0.1) is 11.6 Å². The van der Waals surface area contributed by atoms with Crippen molar-refractivity contribution in [3.63, 3.8) is 0 Å². The summed E-state index contributed by atoms with van der Waals surface area (Å²) < 4.78 is 0. The van der Waals surface area contributed by atoms with E-state index in [1.54, 1.807) is 0 Å². The standard InChI is InChI=1S/C10H19Cl/c1-3-5-7-9-10(11)8-6-4-2/h7,9-10H,3-6,8H2,1-2H3/b9-7+. The summed E-state index contributed by atoms with van der Waals surface area (Å²) in [7, 11) is 0. The van der Waals surface area contributed by atoms with Crippen molar-refractivity contribution in [1.82, 2.24) is 0 Å². The lowest BCUT2D eigenvalue weighted by Gasteiger charge is -2.00. The lowest BCUT2D eigenvalue weighted by Crippen LogP contribution is -1.91. The van der Waals surface area contributed by atoms with Gasteiger partial charge < -0.3 is 0 Å². The molecule has 1 atom stereocenters. The third-order valence-electron chi connectivity index (χ3n) is 1.63. The van der Waals surface area contributed by atoms with Crippen LogP contribution in [0.5, 0.6) is 0 Å². The van der Waals surface area contributed by atoms with Crippen LogP contribution in [0.1, 0.15) is 46.0 Å². The predicted octanol–water partition coefficient (Wildman–Crippen LogP) is 4.14. The summed E-state index contributed by atoms with van der Waals surface area (Å²) in [5, 5.41) is 0.265. The molecule has 0 spiro atoms. The molecule has 0 aliphatic carbocycles. The Hall–Kier alpha value is 0.0300. The number of allylic oxidation sites excluding steroid dienone is 2. The Morgan fingerprint density at radius 2 is 2.00 bits per heavy atom. The van der Waals surface area contributed by atoms with Crippen LogP contribution in [0.15, 0.2) is 12.2 Å². The first kappa shape index (κ1) is 11.0. The minimum Gasteiger partial charge on any atom is -0.118 e. The largest absolute Gasteiger partial charge is 0.118 e. The molecule has 0 aliphatic rings. The highest BCUT2D eigenvalue weighted by Crippen LogP contribution is 2.09. The molecule has 0 rings (SSSR count). The van der Waals surface area contributed by atoms with Crippen LogP contribution in [0.3, 0.4) is 0 Å². The van der Waals surface area contributed by atoms with E-state index >= 15 is 0 Å². The highest BCUT2D eigenvalue weighted by Gasteiger charge is 1.96. The molecule has 0 radical (unpaired) electrons. The number of halogens is 1. The van der Waals surface area contributed by atoms with Crippen molar-refractivity contribution in [1.29, 1.82) is 0 Å². The van der Waals surface area contributed by atoms with E-state index in [9.17, 15) is 0 Å². The topological polar surface area (TPSA) is 0 Å². The Labute approximate surface area is 75.6 Å². The van der Waals surface area contributed by atoms with Gasteiger partial charge in [-0.25, -0.2) is 0 Å². The Balaban J connectivity index is 3.27. The number of alkyl halides is 1. The van der Waals surface area contributed by atoms with Crippen molar-refractivity contribution in [2.75, 3.05) is 0 Å². The van der Waals surface area contributed by atoms with E-state index < -0.39 is 0 Å². The summed E-state index contributed by atoms with van der Waals surface area (Å²) in [5.41, 5.74) is 0. The molecule has 0 amide bonds. The van der Waals surface area contributed by atoms with Gasteiger partial charge in [0.25, 0.3) is 0 Å². The number of hydrogen-bond acceptors (Lipinski definition) is 0. The second kappa shape index (κ2) is 8.13. The molecule has 1 heteroatoms. The lowest BCUT2D eigenvalue weighted by atomic mass is 10.2.